The number of anilines is 1. The van der Waals surface area contributed by atoms with E-state index in [0.717, 1.165) is 24.1 Å². The number of thiocarbonyl (C=S) groups is 1. The Labute approximate surface area is 190 Å². The summed E-state index contributed by atoms with van der Waals surface area (Å²) < 4.78 is 6.13. The second kappa shape index (κ2) is 11.3. The summed E-state index contributed by atoms with van der Waals surface area (Å²) >= 11 is 8.32. The Morgan fingerprint density at radius 1 is 1.20 bits per heavy atom. The fraction of sp³-hybridized carbons (Fsp3) is 0.318. The number of hydrogen-bond acceptors (Lipinski definition) is 6. The Hall–Kier alpha value is -2.16. The van der Waals surface area contributed by atoms with Gasteiger partial charge >= 0.3 is 0 Å². The summed E-state index contributed by atoms with van der Waals surface area (Å²) in [5, 5.41) is 4.89. The number of hydrogen-bond donors (Lipinski definition) is 1. The maximum absolute atomic E-state index is 12.6. The van der Waals surface area contributed by atoms with Gasteiger partial charge in [0.05, 0.1) is 17.2 Å². The third kappa shape index (κ3) is 6.17. The van der Waals surface area contributed by atoms with E-state index in [-0.39, 0.29) is 11.8 Å². The number of carbonyl (C=O) groups is 2. The summed E-state index contributed by atoms with van der Waals surface area (Å²) in [5.41, 5.74) is 0.694. The van der Waals surface area contributed by atoms with Crippen LogP contribution in [-0.4, -0.2) is 34.2 Å². The Morgan fingerprint density at radius 3 is 2.80 bits per heavy atom. The van der Waals surface area contributed by atoms with Crippen LogP contribution in [0.25, 0.3) is 6.08 Å². The number of nitrogens with one attached hydrogen (secondary N) is 1. The van der Waals surface area contributed by atoms with Crippen molar-refractivity contribution in [2.75, 3.05) is 18.5 Å². The minimum absolute atomic E-state index is 0.0244. The monoisotopic (exact) mass is 460 g/mol. The van der Waals surface area contributed by atoms with Gasteiger partial charge in [0.15, 0.2) is 0 Å². The van der Waals surface area contributed by atoms with Gasteiger partial charge in [-0.15, -0.1) is 11.3 Å². The van der Waals surface area contributed by atoms with Crippen LogP contribution in [0.2, 0.25) is 0 Å². The molecule has 1 N–H and O–H groups in total. The van der Waals surface area contributed by atoms with Crippen molar-refractivity contribution in [1.29, 1.82) is 0 Å². The number of thioether (sulfide) groups is 1. The van der Waals surface area contributed by atoms with Crippen LogP contribution in [0.5, 0.6) is 5.75 Å². The molecule has 1 aromatic heterocycles. The number of benzene rings is 1. The molecule has 1 aliphatic heterocycles. The lowest BCUT2D eigenvalue weighted by Gasteiger charge is -2.14. The average Bonchev–Trinajstić information content (AvgIpc) is 3.33. The van der Waals surface area contributed by atoms with Crippen LogP contribution in [0.1, 0.15) is 37.5 Å². The molecule has 0 saturated carbocycles. The van der Waals surface area contributed by atoms with Gasteiger partial charge in [0, 0.05) is 17.8 Å². The van der Waals surface area contributed by atoms with Crippen molar-refractivity contribution in [3.8, 4) is 5.75 Å². The zero-order valence-corrected chi connectivity index (χ0v) is 19.2. The van der Waals surface area contributed by atoms with Crippen LogP contribution < -0.4 is 10.1 Å². The van der Waals surface area contributed by atoms with Crippen molar-refractivity contribution >= 4 is 63.2 Å². The van der Waals surface area contributed by atoms with Crippen molar-refractivity contribution in [2.45, 2.75) is 32.6 Å². The van der Waals surface area contributed by atoms with Gasteiger partial charge < -0.3 is 10.1 Å². The van der Waals surface area contributed by atoms with E-state index in [1.165, 1.54) is 11.8 Å². The van der Waals surface area contributed by atoms with Crippen LogP contribution in [0.3, 0.4) is 0 Å². The number of nitrogens with zero attached hydrogens (tertiary/aromatic N) is 1. The normalized spacial score (nSPS) is 15.1. The first-order chi connectivity index (χ1) is 14.6. The van der Waals surface area contributed by atoms with Gasteiger partial charge in [-0.05, 0) is 49.4 Å². The van der Waals surface area contributed by atoms with E-state index in [1.54, 1.807) is 16.2 Å². The lowest BCUT2D eigenvalue weighted by atomic mass is 10.1. The van der Waals surface area contributed by atoms with Gasteiger partial charge in [-0.2, -0.15) is 0 Å². The Bertz CT molecular complexity index is 925. The van der Waals surface area contributed by atoms with Gasteiger partial charge in [-0.25, -0.2) is 0 Å². The largest absolute Gasteiger partial charge is 0.492 e. The Balaban J connectivity index is 1.39. The lowest BCUT2D eigenvalue weighted by molar-refractivity contribution is -0.122. The van der Waals surface area contributed by atoms with Gasteiger partial charge in [-0.3, -0.25) is 14.5 Å². The molecule has 0 aliphatic carbocycles. The lowest BCUT2D eigenvalue weighted by Crippen LogP contribution is -2.29. The fourth-order valence-corrected chi connectivity index (χ4v) is 5.02. The molecule has 1 fully saturated rings. The molecule has 2 amide bonds. The molecule has 2 heterocycles. The van der Waals surface area contributed by atoms with E-state index in [9.17, 15) is 9.59 Å². The first-order valence-electron chi connectivity index (χ1n) is 9.89. The Morgan fingerprint density at radius 2 is 2.03 bits per heavy atom. The number of ether oxygens (including phenoxy) is 1. The maximum atomic E-state index is 12.6. The molecule has 3 rings (SSSR count). The van der Waals surface area contributed by atoms with E-state index < -0.39 is 0 Å². The highest BCUT2D eigenvalue weighted by atomic mass is 32.2. The van der Waals surface area contributed by atoms with Crippen molar-refractivity contribution < 1.29 is 14.3 Å². The molecule has 30 heavy (non-hydrogen) atoms. The average molecular weight is 461 g/mol. The van der Waals surface area contributed by atoms with Crippen molar-refractivity contribution in [3.63, 3.8) is 0 Å². The quantitative estimate of drug-likeness (QED) is 0.286. The van der Waals surface area contributed by atoms with Crippen LogP contribution >= 0.6 is 35.3 Å². The second-order valence-electron chi connectivity index (χ2n) is 6.64. The van der Waals surface area contributed by atoms with E-state index in [2.05, 4.69) is 5.32 Å². The Kier molecular flexibility index (Phi) is 8.48. The van der Waals surface area contributed by atoms with Crippen molar-refractivity contribution in [2.24, 2.45) is 0 Å². The summed E-state index contributed by atoms with van der Waals surface area (Å²) in [6.07, 6.45) is 4.73. The molecule has 0 spiro atoms. The van der Waals surface area contributed by atoms with E-state index in [0.29, 0.717) is 40.2 Å². The third-order valence-electron chi connectivity index (χ3n) is 4.44. The molecule has 8 heteroatoms. The van der Waals surface area contributed by atoms with Crippen LogP contribution in [-0.2, 0) is 9.59 Å². The zero-order valence-electron chi connectivity index (χ0n) is 16.8. The molecule has 0 radical (unpaired) electrons. The van der Waals surface area contributed by atoms with Crippen molar-refractivity contribution in [1.82, 2.24) is 4.90 Å². The fourth-order valence-electron chi connectivity index (χ4n) is 2.99. The highest BCUT2D eigenvalue weighted by Crippen LogP contribution is 2.33. The predicted molar refractivity (Wildman–Crippen MR) is 129 cm³/mol. The first-order valence-corrected chi connectivity index (χ1v) is 12.0. The van der Waals surface area contributed by atoms with Crippen LogP contribution in [0.4, 0.5) is 5.69 Å². The summed E-state index contributed by atoms with van der Waals surface area (Å²) in [6, 6.07) is 11.4. The molecule has 0 unspecified atom stereocenters. The predicted octanol–water partition coefficient (Wildman–Crippen LogP) is 5.55. The molecule has 0 atom stereocenters. The highest BCUT2D eigenvalue weighted by molar-refractivity contribution is 8.26. The van der Waals surface area contributed by atoms with Gasteiger partial charge in [0.25, 0.3) is 5.91 Å². The summed E-state index contributed by atoms with van der Waals surface area (Å²) in [5.74, 6) is 0.619. The molecule has 158 valence electrons. The third-order valence-corrected chi connectivity index (χ3v) is 6.63. The molecule has 2 aromatic rings. The van der Waals surface area contributed by atoms with Gasteiger partial charge in [0.2, 0.25) is 5.91 Å². The summed E-state index contributed by atoms with van der Waals surface area (Å²) in [4.78, 5) is 28.2. The molecular formula is C22H24N2O3S3. The van der Waals surface area contributed by atoms with Crippen LogP contribution in [0, 0.1) is 0 Å². The van der Waals surface area contributed by atoms with Gasteiger partial charge in [0.1, 0.15) is 10.1 Å². The number of amides is 2. The SMILES string of the molecule is CCOc1ccccc1NC(=O)CCCCCN1C(=O)C(=Cc2cccs2)SC1=S. The smallest absolute Gasteiger partial charge is 0.266 e. The number of carbonyl (C=O) groups excluding carboxylic acids is 2. The minimum atomic E-state index is -0.0355. The topological polar surface area (TPSA) is 58.6 Å². The van der Waals surface area contributed by atoms with E-state index in [4.69, 9.17) is 17.0 Å². The molecule has 1 saturated heterocycles. The molecule has 1 aliphatic rings. The first kappa shape index (κ1) is 22.5. The second-order valence-corrected chi connectivity index (χ2v) is 9.29. The number of rotatable bonds is 10. The van der Waals surface area contributed by atoms with Crippen molar-refractivity contribution in [3.05, 3.63) is 51.6 Å². The number of unbranched alkanes of at least 4 members (excludes halogenated alkanes) is 2. The molecule has 5 nitrogen and oxygen atoms in total. The number of thiophene rings is 1. The minimum Gasteiger partial charge on any atom is -0.492 e. The zero-order chi connectivity index (χ0) is 21.3. The van der Waals surface area contributed by atoms with E-state index in [1.807, 2.05) is 54.8 Å². The standard InChI is InChI=1S/C22H24N2O3S3/c1-2-27-18-11-6-5-10-17(18)23-20(25)12-4-3-7-13-24-21(26)19(30-22(24)28)15-16-9-8-14-29-16/h5-6,8-11,14-15H,2-4,7,12-13H2,1H3,(H,23,25). The van der Waals surface area contributed by atoms with Gasteiger partial charge in [-0.1, -0.05) is 48.6 Å². The molecular weight excluding hydrogens is 436 g/mol. The van der Waals surface area contributed by atoms with E-state index >= 15 is 0 Å². The molecule has 0 bridgehead atoms. The van der Waals surface area contributed by atoms with Crippen LogP contribution in [0.15, 0.2) is 46.7 Å². The summed E-state index contributed by atoms with van der Waals surface area (Å²) in [7, 11) is 0. The number of para-hydroxylation sites is 2. The summed E-state index contributed by atoms with van der Waals surface area (Å²) in [6.45, 7) is 3.04. The maximum Gasteiger partial charge on any atom is 0.266 e. The molecule has 1 aromatic carbocycles. The highest BCUT2D eigenvalue weighted by Gasteiger charge is 2.31.